The molecule has 2 aliphatic rings. The summed E-state index contributed by atoms with van der Waals surface area (Å²) < 4.78 is 0. The molecule has 0 amide bonds. The smallest absolute Gasteiger partial charge is 0.00953 e. The Morgan fingerprint density at radius 1 is 0.643 bits per heavy atom. The molecule has 14 heavy (non-hydrogen) atoms. The Bertz CT molecular complexity index is 139. The molecule has 2 fully saturated rings. The molecule has 0 radical (unpaired) electrons. The average molecular weight is 195 g/mol. The highest BCUT2D eigenvalue weighted by Gasteiger charge is 2.22. The fourth-order valence-electron chi connectivity index (χ4n) is 3.17. The quantitative estimate of drug-likeness (QED) is 0.624. The normalized spacial score (nSPS) is 36.0. The van der Waals surface area contributed by atoms with Crippen LogP contribution in [0.15, 0.2) is 0 Å². The third-order valence-corrected chi connectivity index (χ3v) is 4.07. The van der Waals surface area contributed by atoms with Crippen molar-refractivity contribution < 1.29 is 0 Å². The minimum atomic E-state index is 0.871. The van der Waals surface area contributed by atoms with Crippen molar-refractivity contribution in [2.75, 3.05) is 6.54 Å². The summed E-state index contributed by atoms with van der Waals surface area (Å²) in [5, 5.41) is 3.78. The second-order valence-corrected chi connectivity index (χ2v) is 5.16. The van der Waals surface area contributed by atoms with Crippen LogP contribution in [0.5, 0.6) is 0 Å². The minimum absolute atomic E-state index is 0.871. The molecule has 0 spiro atoms. The van der Waals surface area contributed by atoms with E-state index in [2.05, 4.69) is 5.32 Å². The molecule has 1 saturated carbocycles. The highest BCUT2D eigenvalue weighted by atomic mass is 14.9. The summed E-state index contributed by atoms with van der Waals surface area (Å²) in [4.78, 5) is 0. The van der Waals surface area contributed by atoms with E-state index in [9.17, 15) is 0 Å². The van der Waals surface area contributed by atoms with E-state index >= 15 is 0 Å². The second-order valence-electron chi connectivity index (χ2n) is 5.16. The predicted molar refractivity (Wildman–Crippen MR) is 61.5 cm³/mol. The van der Waals surface area contributed by atoms with Gasteiger partial charge in [-0.25, -0.2) is 0 Å². The SMILES string of the molecule is C1CCCC2CCCCNC2CCC1. The van der Waals surface area contributed by atoms with Gasteiger partial charge in [-0.3, -0.25) is 0 Å². The van der Waals surface area contributed by atoms with E-state index in [1.54, 1.807) is 0 Å². The molecule has 0 aromatic carbocycles. The van der Waals surface area contributed by atoms with Crippen LogP contribution < -0.4 is 5.32 Å². The van der Waals surface area contributed by atoms with Gasteiger partial charge in [-0.15, -0.1) is 0 Å². The van der Waals surface area contributed by atoms with E-state index < -0.39 is 0 Å². The van der Waals surface area contributed by atoms with Crippen molar-refractivity contribution in [3.05, 3.63) is 0 Å². The standard InChI is InChI=1S/C13H25N/c1-2-4-8-12-9-6-7-11-14-13(12)10-5-3-1/h12-14H,1-11H2. The van der Waals surface area contributed by atoms with Crippen LogP contribution in [-0.4, -0.2) is 12.6 Å². The van der Waals surface area contributed by atoms with Crippen LogP contribution in [0, 0.1) is 5.92 Å². The maximum Gasteiger partial charge on any atom is 0.00953 e. The molecule has 2 atom stereocenters. The molecule has 82 valence electrons. The van der Waals surface area contributed by atoms with Gasteiger partial charge < -0.3 is 5.32 Å². The largest absolute Gasteiger partial charge is 0.314 e. The van der Waals surface area contributed by atoms with E-state index in [1.807, 2.05) is 0 Å². The summed E-state index contributed by atoms with van der Waals surface area (Å²) in [6.45, 7) is 1.28. The summed E-state index contributed by atoms with van der Waals surface area (Å²) in [6, 6.07) is 0.871. The van der Waals surface area contributed by atoms with Crippen LogP contribution >= 0.6 is 0 Å². The van der Waals surface area contributed by atoms with Gasteiger partial charge in [0.05, 0.1) is 0 Å². The zero-order valence-corrected chi connectivity index (χ0v) is 9.43. The first-order valence-electron chi connectivity index (χ1n) is 6.70. The predicted octanol–water partition coefficient (Wildman–Crippen LogP) is 3.49. The van der Waals surface area contributed by atoms with Crippen molar-refractivity contribution >= 4 is 0 Å². The number of hydrogen-bond donors (Lipinski definition) is 1. The molecule has 1 aliphatic carbocycles. The monoisotopic (exact) mass is 195 g/mol. The van der Waals surface area contributed by atoms with E-state index in [1.165, 1.54) is 70.8 Å². The number of fused-ring (bicyclic) bond motifs is 1. The topological polar surface area (TPSA) is 12.0 Å². The first-order chi connectivity index (χ1) is 6.97. The second kappa shape index (κ2) is 5.75. The van der Waals surface area contributed by atoms with E-state index in [4.69, 9.17) is 0 Å². The van der Waals surface area contributed by atoms with Crippen molar-refractivity contribution in [3.63, 3.8) is 0 Å². The van der Waals surface area contributed by atoms with E-state index in [-0.39, 0.29) is 0 Å². The van der Waals surface area contributed by atoms with Crippen LogP contribution in [0.2, 0.25) is 0 Å². The molecule has 0 bridgehead atoms. The molecule has 0 aromatic heterocycles. The highest BCUT2D eigenvalue weighted by Crippen LogP contribution is 2.27. The minimum Gasteiger partial charge on any atom is -0.314 e. The Kier molecular flexibility index (Phi) is 4.30. The van der Waals surface area contributed by atoms with Crippen LogP contribution in [0.1, 0.15) is 64.2 Å². The van der Waals surface area contributed by atoms with Gasteiger partial charge in [0.2, 0.25) is 0 Å². The van der Waals surface area contributed by atoms with Gasteiger partial charge in [-0.1, -0.05) is 38.5 Å². The molecule has 2 rings (SSSR count). The first-order valence-corrected chi connectivity index (χ1v) is 6.70. The fourth-order valence-corrected chi connectivity index (χ4v) is 3.17. The van der Waals surface area contributed by atoms with Crippen LogP contribution in [0.3, 0.4) is 0 Å². The molecule has 1 saturated heterocycles. The third-order valence-electron chi connectivity index (χ3n) is 4.07. The lowest BCUT2D eigenvalue weighted by atomic mass is 9.88. The molecule has 0 aromatic rings. The van der Waals surface area contributed by atoms with Crippen molar-refractivity contribution in [3.8, 4) is 0 Å². The summed E-state index contributed by atoms with van der Waals surface area (Å²) >= 11 is 0. The van der Waals surface area contributed by atoms with Crippen LogP contribution in [-0.2, 0) is 0 Å². The van der Waals surface area contributed by atoms with Gasteiger partial charge in [0.1, 0.15) is 0 Å². The van der Waals surface area contributed by atoms with Crippen molar-refractivity contribution in [1.82, 2.24) is 5.32 Å². The Hall–Kier alpha value is -0.0400. The summed E-state index contributed by atoms with van der Waals surface area (Å²) in [7, 11) is 0. The number of hydrogen-bond acceptors (Lipinski definition) is 1. The number of rotatable bonds is 0. The van der Waals surface area contributed by atoms with Gasteiger partial charge in [0.15, 0.2) is 0 Å². The van der Waals surface area contributed by atoms with Crippen LogP contribution in [0.25, 0.3) is 0 Å². The van der Waals surface area contributed by atoms with Gasteiger partial charge >= 0.3 is 0 Å². The van der Waals surface area contributed by atoms with Crippen molar-refractivity contribution in [1.29, 1.82) is 0 Å². The maximum absolute atomic E-state index is 3.78. The highest BCUT2D eigenvalue weighted by molar-refractivity contribution is 4.80. The van der Waals surface area contributed by atoms with Gasteiger partial charge in [-0.2, -0.15) is 0 Å². The average Bonchev–Trinajstić information content (AvgIpc) is 2.35. The van der Waals surface area contributed by atoms with Gasteiger partial charge in [0.25, 0.3) is 0 Å². The lowest BCUT2D eigenvalue weighted by Gasteiger charge is -2.25. The molecular formula is C13H25N. The van der Waals surface area contributed by atoms with Crippen molar-refractivity contribution in [2.45, 2.75) is 70.3 Å². The zero-order valence-electron chi connectivity index (χ0n) is 9.43. The van der Waals surface area contributed by atoms with E-state index in [0.29, 0.717) is 0 Å². The summed E-state index contributed by atoms with van der Waals surface area (Å²) in [6.07, 6.45) is 14.7. The first kappa shape index (κ1) is 10.5. The molecular weight excluding hydrogens is 170 g/mol. The van der Waals surface area contributed by atoms with Crippen molar-refractivity contribution in [2.24, 2.45) is 5.92 Å². The maximum atomic E-state index is 3.78. The fraction of sp³-hybridized carbons (Fsp3) is 1.00. The molecule has 1 heteroatoms. The van der Waals surface area contributed by atoms with Gasteiger partial charge in [-0.05, 0) is 38.1 Å². The Morgan fingerprint density at radius 3 is 2.14 bits per heavy atom. The Morgan fingerprint density at radius 2 is 1.29 bits per heavy atom. The summed E-state index contributed by atoms with van der Waals surface area (Å²) in [5.41, 5.74) is 0. The molecule has 1 heterocycles. The lowest BCUT2D eigenvalue weighted by molar-refractivity contribution is 0.320. The van der Waals surface area contributed by atoms with E-state index in [0.717, 1.165) is 12.0 Å². The molecule has 1 nitrogen and oxygen atoms in total. The number of nitrogens with one attached hydrogen (secondary N) is 1. The molecule has 1 aliphatic heterocycles. The Balaban J connectivity index is 1.91. The molecule has 1 N–H and O–H groups in total. The lowest BCUT2D eigenvalue weighted by Crippen LogP contribution is -2.34. The van der Waals surface area contributed by atoms with Crippen LogP contribution in [0.4, 0.5) is 0 Å². The molecule has 2 unspecified atom stereocenters. The zero-order chi connectivity index (χ0) is 9.64. The van der Waals surface area contributed by atoms with Gasteiger partial charge in [0, 0.05) is 6.04 Å². The Labute approximate surface area is 88.7 Å². The summed E-state index contributed by atoms with van der Waals surface area (Å²) in [5.74, 6) is 1.01. The third kappa shape index (κ3) is 2.98.